The lowest BCUT2D eigenvalue weighted by atomic mass is 10.3. The van der Waals surface area contributed by atoms with Gasteiger partial charge in [0.15, 0.2) is 0 Å². The zero-order valence-corrected chi connectivity index (χ0v) is 6.70. The summed E-state index contributed by atoms with van der Waals surface area (Å²) in [5.41, 5.74) is 0. The third-order valence-corrected chi connectivity index (χ3v) is 1.54. The standard InChI is InChI=1S/C8H11FNO2/c1-2-5-12-8(11)10-4-3-7(9)6-10/h2,4,7H,1,3,5-6H2. The normalized spacial score (nSPS) is 22.4. The van der Waals surface area contributed by atoms with Crippen molar-refractivity contribution in [3.8, 4) is 0 Å². The second-order valence-electron chi connectivity index (χ2n) is 2.53. The Balaban J connectivity index is 2.28. The van der Waals surface area contributed by atoms with Gasteiger partial charge in [0.25, 0.3) is 0 Å². The van der Waals surface area contributed by atoms with E-state index >= 15 is 0 Å². The van der Waals surface area contributed by atoms with Gasteiger partial charge in [-0.1, -0.05) is 12.7 Å². The fraction of sp³-hybridized carbons (Fsp3) is 0.500. The molecule has 1 atom stereocenters. The number of hydrogen-bond acceptors (Lipinski definition) is 2. The Kier molecular flexibility index (Phi) is 3.08. The number of hydrogen-bond donors (Lipinski definition) is 0. The van der Waals surface area contributed by atoms with E-state index in [0.29, 0.717) is 6.42 Å². The van der Waals surface area contributed by atoms with Gasteiger partial charge in [0.05, 0.1) is 13.1 Å². The molecule has 1 radical (unpaired) electrons. The van der Waals surface area contributed by atoms with Crippen LogP contribution in [0.1, 0.15) is 6.42 Å². The summed E-state index contributed by atoms with van der Waals surface area (Å²) in [4.78, 5) is 12.3. The first kappa shape index (κ1) is 9.03. The van der Waals surface area contributed by atoms with Gasteiger partial charge < -0.3 is 9.64 Å². The molecule has 0 N–H and O–H groups in total. The second kappa shape index (κ2) is 4.09. The molecular weight excluding hydrogens is 161 g/mol. The van der Waals surface area contributed by atoms with Crippen LogP contribution < -0.4 is 0 Å². The predicted molar refractivity (Wildman–Crippen MR) is 42.1 cm³/mol. The zero-order chi connectivity index (χ0) is 8.97. The molecule has 1 heterocycles. The number of alkyl halides is 1. The SMILES string of the molecule is C=CCOC(=O)N1[CH]CC(F)C1. The minimum Gasteiger partial charge on any atom is -0.445 e. The predicted octanol–water partition coefficient (Wildman–Crippen LogP) is 1.51. The molecule has 1 aliphatic heterocycles. The molecule has 0 saturated carbocycles. The van der Waals surface area contributed by atoms with E-state index < -0.39 is 12.3 Å². The van der Waals surface area contributed by atoms with E-state index in [1.165, 1.54) is 17.5 Å². The molecule has 1 fully saturated rings. The van der Waals surface area contributed by atoms with Crippen LogP contribution in [0.25, 0.3) is 0 Å². The maximum Gasteiger partial charge on any atom is 0.410 e. The first-order chi connectivity index (χ1) is 5.74. The quantitative estimate of drug-likeness (QED) is 0.591. The average molecular weight is 172 g/mol. The third-order valence-electron chi connectivity index (χ3n) is 1.54. The van der Waals surface area contributed by atoms with Gasteiger partial charge in [-0.2, -0.15) is 0 Å². The maximum atomic E-state index is 12.6. The Morgan fingerprint density at radius 1 is 1.92 bits per heavy atom. The van der Waals surface area contributed by atoms with Crippen LogP contribution in [0.2, 0.25) is 0 Å². The average Bonchev–Trinajstić information content (AvgIpc) is 2.47. The minimum atomic E-state index is -0.943. The molecule has 1 unspecified atom stereocenters. The molecule has 4 heteroatoms. The van der Waals surface area contributed by atoms with E-state index in [1.807, 2.05) is 0 Å². The number of rotatable bonds is 2. The van der Waals surface area contributed by atoms with E-state index in [0.717, 1.165) is 0 Å². The highest BCUT2D eigenvalue weighted by atomic mass is 19.1. The summed E-state index contributed by atoms with van der Waals surface area (Å²) in [7, 11) is 0. The van der Waals surface area contributed by atoms with Crippen LogP contribution in [0, 0.1) is 6.54 Å². The van der Waals surface area contributed by atoms with E-state index in [9.17, 15) is 9.18 Å². The lowest BCUT2D eigenvalue weighted by Crippen LogP contribution is -2.27. The van der Waals surface area contributed by atoms with Crippen molar-refractivity contribution in [2.45, 2.75) is 12.6 Å². The Bertz CT molecular complexity index is 184. The summed E-state index contributed by atoms with van der Waals surface area (Å²) in [5.74, 6) is 0. The van der Waals surface area contributed by atoms with Crippen molar-refractivity contribution in [2.75, 3.05) is 13.2 Å². The van der Waals surface area contributed by atoms with Crippen molar-refractivity contribution in [3.63, 3.8) is 0 Å². The smallest absolute Gasteiger partial charge is 0.410 e. The van der Waals surface area contributed by atoms with Crippen LogP contribution in [0.4, 0.5) is 9.18 Å². The summed E-state index contributed by atoms with van der Waals surface area (Å²) >= 11 is 0. The van der Waals surface area contributed by atoms with E-state index in [-0.39, 0.29) is 13.2 Å². The number of carbonyl (C=O) groups is 1. The van der Waals surface area contributed by atoms with E-state index in [4.69, 9.17) is 4.74 Å². The Morgan fingerprint density at radius 2 is 2.67 bits per heavy atom. The van der Waals surface area contributed by atoms with E-state index in [2.05, 4.69) is 6.58 Å². The Hall–Kier alpha value is -1.06. The Labute approximate surface area is 70.8 Å². The van der Waals surface area contributed by atoms with Gasteiger partial charge in [0, 0.05) is 6.42 Å². The van der Waals surface area contributed by atoms with Gasteiger partial charge in [-0.15, -0.1) is 0 Å². The fourth-order valence-electron chi connectivity index (χ4n) is 0.966. The van der Waals surface area contributed by atoms with Gasteiger partial charge in [0.1, 0.15) is 12.8 Å². The molecule has 1 amide bonds. The zero-order valence-electron chi connectivity index (χ0n) is 6.70. The molecule has 1 rings (SSSR count). The molecule has 0 aromatic heterocycles. The number of nitrogens with zero attached hydrogens (tertiary/aromatic N) is 1. The third kappa shape index (κ3) is 2.22. The van der Waals surface area contributed by atoms with E-state index in [1.54, 1.807) is 0 Å². The molecule has 0 aromatic carbocycles. The highest BCUT2D eigenvalue weighted by Crippen LogP contribution is 2.16. The number of ether oxygens (including phenoxy) is 1. The number of likely N-dealkylation sites (tertiary alicyclic amines) is 1. The summed E-state index contributed by atoms with van der Waals surface area (Å²) in [6, 6.07) is 0. The van der Waals surface area contributed by atoms with Crippen molar-refractivity contribution in [1.29, 1.82) is 0 Å². The first-order valence-electron chi connectivity index (χ1n) is 3.75. The van der Waals surface area contributed by atoms with Crippen LogP contribution in [-0.2, 0) is 4.74 Å². The molecule has 67 valence electrons. The molecule has 3 nitrogen and oxygen atoms in total. The van der Waals surface area contributed by atoms with Crippen molar-refractivity contribution in [1.82, 2.24) is 4.90 Å². The second-order valence-corrected chi connectivity index (χ2v) is 2.53. The summed E-state index contributed by atoms with van der Waals surface area (Å²) < 4.78 is 17.2. The van der Waals surface area contributed by atoms with Gasteiger partial charge in [-0.3, -0.25) is 0 Å². The van der Waals surface area contributed by atoms with Crippen molar-refractivity contribution >= 4 is 6.09 Å². The lowest BCUT2D eigenvalue weighted by molar-refractivity contribution is 0.124. The fourth-order valence-corrected chi connectivity index (χ4v) is 0.966. The van der Waals surface area contributed by atoms with Crippen molar-refractivity contribution < 1.29 is 13.9 Å². The van der Waals surface area contributed by atoms with Crippen LogP contribution in [0.5, 0.6) is 0 Å². The summed E-state index contributed by atoms with van der Waals surface area (Å²) in [5, 5.41) is 0. The monoisotopic (exact) mass is 172 g/mol. The van der Waals surface area contributed by atoms with Crippen LogP contribution in [-0.4, -0.2) is 30.3 Å². The molecule has 12 heavy (non-hydrogen) atoms. The van der Waals surface area contributed by atoms with Crippen molar-refractivity contribution in [3.05, 3.63) is 19.2 Å². The van der Waals surface area contributed by atoms with Crippen LogP contribution in [0.3, 0.4) is 0 Å². The molecule has 0 aromatic rings. The first-order valence-corrected chi connectivity index (χ1v) is 3.75. The molecule has 0 spiro atoms. The molecule has 0 bridgehead atoms. The summed E-state index contributed by atoms with van der Waals surface area (Å²) in [6.07, 6.45) is 0.320. The summed E-state index contributed by atoms with van der Waals surface area (Å²) in [6.45, 7) is 5.18. The highest BCUT2D eigenvalue weighted by molar-refractivity contribution is 5.69. The van der Waals surface area contributed by atoms with Gasteiger partial charge >= 0.3 is 6.09 Å². The van der Waals surface area contributed by atoms with Crippen molar-refractivity contribution in [2.24, 2.45) is 0 Å². The molecule has 1 saturated heterocycles. The molecule has 0 aliphatic carbocycles. The number of amides is 1. The van der Waals surface area contributed by atoms with Crippen LogP contribution >= 0.6 is 0 Å². The molecule has 1 aliphatic rings. The van der Waals surface area contributed by atoms with Gasteiger partial charge in [-0.05, 0) is 0 Å². The van der Waals surface area contributed by atoms with Gasteiger partial charge in [-0.25, -0.2) is 9.18 Å². The minimum absolute atomic E-state index is 0.107. The molecular formula is C8H11FNO2. The Morgan fingerprint density at radius 3 is 3.17 bits per heavy atom. The van der Waals surface area contributed by atoms with Gasteiger partial charge in [0.2, 0.25) is 0 Å². The van der Waals surface area contributed by atoms with Crippen LogP contribution in [0.15, 0.2) is 12.7 Å². The lowest BCUT2D eigenvalue weighted by Gasteiger charge is -2.13. The topological polar surface area (TPSA) is 29.5 Å². The highest BCUT2D eigenvalue weighted by Gasteiger charge is 2.26. The maximum absolute atomic E-state index is 12.6. The largest absolute Gasteiger partial charge is 0.445 e. The number of halogens is 1. The number of carbonyl (C=O) groups excluding carboxylic acids is 1.